The summed E-state index contributed by atoms with van der Waals surface area (Å²) in [7, 11) is 0. The molecule has 13 N–H and O–H groups in total. The summed E-state index contributed by atoms with van der Waals surface area (Å²) in [6.45, 7) is 2.54. The monoisotopic (exact) mass is 453 g/mol. The molecule has 0 spiro atoms. The molecule has 15 nitrogen and oxygen atoms in total. The highest BCUT2D eigenvalue weighted by molar-refractivity contribution is 5.83. The molecule has 0 unspecified atom stereocenters. The molecule has 4 atom stereocenters. The smallest absolute Gasteiger partial charge is 0.326 e. The zero-order valence-electron chi connectivity index (χ0n) is 17.2. The molecule has 0 aliphatic rings. The highest BCUT2D eigenvalue weighted by atomic mass is 16.4. The van der Waals surface area contributed by atoms with Gasteiger partial charge in [0.1, 0.15) is 12.1 Å². The van der Waals surface area contributed by atoms with E-state index in [1.807, 2.05) is 0 Å². The van der Waals surface area contributed by atoms with Crippen LogP contribution in [0.25, 0.3) is 0 Å². The first-order chi connectivity index (χ1) is 14.0. The molecule has 0 aromatic rings. The molecule has 15 heteroatoms. The average Bonchev–Trinajstić information content (AvgIpc) is 2.62. The van der Waals surface area contributed by atoms with Crippen molar-refractivity contribution in [1.29, 1.82) is 0 Å². The fraction of sp³-hybridized carbons (Fsp3) is 0.625. The van der Waals surface area contributed by atoms with Gasteiger partial charge in [0.25, 0.3) is 0 Å². The van der Waals surface area contributed by atoms with E-state index >= 15 is 0 Å². The highest BCUT2D eigenvalue weighted by Gasteiger charge is 2.18. The van der Waals surface area contributed by atoms with E-state index in [-0.39, 0.29) is 25.7 Å². The molecule has 0 aromatic carbocycles. The van der Waals surface area contributed by atoms with E-state index < -0.39 is 59.9 Å². The number of carboxylic acids is 3. The molecule has 0 bridgehead atoms. The third kappa shape index (κ3) is 22.8. The second-order valence-electron chi connectivity index (χ2n) is 6.14. The van der Waals surface area contributed by atoms with Crippen LogP contribution in [0.1, 0.15) is 39.5 Å². The number of carbonyl (C=O) groups excluding carboxylic acids is 3. The summed E-state index contributed by atoms with van der Waals surface area (Å²) in [6.07, 6.45) is -1.04. The zero-order chi connectivity index (χ0) is 25.3. The van der Waals surface area contributed by atoms with Crippen LogP contribution in [-0.2, 0) is 28.8 Å². The molecule has 0 heterocycles. The minimum atomic E-state index is -1.18. The Kier molecular flexibility index (Phi) is 18.3. The molecule has 180 valence electrons. The second kappa shape index (κ2) is 17.5. The molecule has 0 radical (unpaired) electrons. The lowest BCUT2D eigenvalue weighted by Gasteiger charge is -2.11. The third-order valence-corrected chi connectivity index (χ3v) is 3.19. The van der Waals surface area contributed by atoms with Crippen molar-refractivity contribution in [3.05, 3.63) is 0 Å². The Balaban J connectivity index is -0.000000392. The summed E-state index contributed by atoms with van der Waals surface area (Å²) in [5.41, 5.74) is 19.6. The molecule has 0 aliphatic heterocycles. The Hall–Kier alpha value is -3.30. The van der Waals surface area contributed by atoms with E-state index in [0.29, 0.717) is 0 Å². The van der Waals surface area contributed by atoms with E-state index in [1.54, 1.807) is 0 Å². The predicted octanol–water partition coefficient (Wildman–Crippen LogP) is -3.72. The number of aliphatic hydroxyl groups is 1. The van der Waals surface area contributed by atoms with Crippen molar-refractivity contribution in [1.82, 2.24) is 5.32 Å². The maximum atomic E-state index is 10.5. The zero-order valence-corrected chi connectivity index (χ0v) is 17.2. The SMILES string of the molecule is CC(=O)N[C@@H](CCC(N)=O)C(=O)O.C[C@@H](O)[C@H](N)C(=O)O.NC(=O)[C@@H](N)CCC(=O)O. The number of hydrogen-bond acceptors (Lipinski definition) is 9. The van der Waals surface area contributed by atoms with Crippen molar-refractivity contribution in [2.75, 3.05) is 0 Å². The van der Waals surface area contributed by atoms with Gasteiger partial charge in [-0.25, -0.2) is 4.79 Å². The van der Waals surface area contributed by atoms with Crippen molar-refractivity contribution >= 4 is 35.6 Å². The molecular weight excluding hydrogens is 422 g/mol. The van der Waals surface area contributed by atoms with Crippen LogP contribution in [0.5, 0.6) is 0 Å². The number of amides is 3. The van der Waals surface area contributed by atoms with Crippen LogP contribution in [0.2, 0.25) is 0 Å². The summed E-state index contributed by atoms with van der Waals surface area (Å²) >= 11 is 0. The van der Waals surface area contributed by atoms with Gasteiger partial charge >= 0.3 is 17.9 Å². The van der Waals surface area contributed by atoms with E-state index in [1.165, 1.54) is 13.8 Å². The molecule has 0 fully saturated rings. The van der Waals surface area contributed by atoms with Crippen LogP contribution < -0.4 is 28.3 Å². The summed E-state index contributed by atoms with van der Waals surface area (Å²) in [4.78, 5) is 61.3. The second-order valence-corrected chi connectivity index (χ2v) is 6.14. The Morgan fingerprint density at radius 1 is 0.871 bits per heavy atom. The maximum Gasteiger partial charge on any atom is 0.326 e. The first-order valence-electron chi connectivity index (χ1n) is 8.74. The topological polar surface area (TPSA) is 299 Å². The number of nitrogens with two attached hydrogens (primary N) is 4. The largest absolute Gasteiger partial charge is 0.481 e. The minimum absolute atomic E-state index is 0.0181. The number of hydrogen-bond donors (Lipinski definition) is 9. The van der Waals surface area contributed by atoms with Crippen molar-refractivity contribution in [3.8, 4) is 0 Å². The van der Waals surface area contributed by atoms with Crippen LogP contribution in [0.15, 0.2) is 0 Å². The lowest BCUT2D eigenvalue weighted by atomic mass is 10.1. The van der Waals surface area contributed by atoms with E-state index in [4.69, 9.17) is 43.4 Å². The van der Waals surface area contributed by atoms with Crippen LogP contribution in [0.3, 0.4) is 0 Å². The van der Waals surface area contributed by atoms with Gasteiger partial charge in [-0.1, -0.05) is 0 Å². The molecule has 0 saturated carbocycles. The molecule has 0 saturated heterocycles. The standard InChI is InChI=1S/C7H12N2O4.C5H10N2O3.C4H9NO3/c1-4(10)9-5(7(12)13)2-3-6(8)11;6-3(5(7)10)1-2-4(8)9;1-2(6)3(5)4(7)8/h5H,2-3H2,1H3,(H2,8,11)(H,9,10)(H,12,13);3H,1-2,6H2,(H2,7,10)(H,8,9);2-3,6H,5H2,1H3,(H,7,8)/t5-;3-;2-,3+/m001/s1. The van der Waals surface area contributed by atoms with Crippen LogP contribution in [0.4, 0.5) is 0 Å². The van der Waals surface area contributed by atoms with Gasteiger partial charge < -0.3 is 48.7 Å². The van der Waals surface area contributed by atoms with Gasteiger partial charge in [-0.2, -0.15) is 0 Å². The first kappa shape index (κ1) is 32.4. The van der Waals surface area contributed by atoms with Crippen molar-refractivity contribution in [3.63, 3.8) is 0 Å². The highest BCUT2D eigenvalue weighted by Crippen LogP contribution is 1.97. The number of nitrogens with one attached hydrogen (secondary N) is 1. The van der Waals surface area contributed by atoms with E-state index in [0.717, 1.165) is 0 Å². The van der Waals surface area contributed by atoms with Gasteiger partial charge in [0, 0.05) is 19.8 Å². The Morgan fingerprint density at radius 2 is 1.35 bits per heavy atom. The van der Waals surface area contributed by atoms with Crippen LogP contribution >= 0.6 is 0 Å². The number of aliphatic carboxylic acids is 3. The fourth-order valence-electron chi connectivity index (χ4n) is 1.42. The predicted molar refractivity (Wildman–Crippen MR) is 105 cm³/mol. The summed E-state index contributed by atoms with van der Waals surface area (Å²) in [6, 6.07) is -3.03. The van der Waals surface area contributed by atoms with Crippen molar-refractivity contribution in [2.24, 2.45) is 22.9 Å². The first-order valence-corrected chi connectivity index (χ1v) is 8.74. The number of carbonyl (C=O) groups is 6. The third-order valence-electron chi connectivity index (χ3n) is 3.19. The number of aliphatic hydroxyl groups excluding tert-OH is 1. The summed E-state index contributed by atoms with van der Waals surface area (Å²) < 4.78 is 0. The van der Waals surface area contributed by atoms with Gasteiger partial charge in [0.2, 0.25) is 17.7 Å². The molecule has 0 aliphatic carbocycles. The molecular formula is C16H31N5O10. The lowest BCUT2D eigenvalue weighted by molar-refractivity contribution is -0.142. The van der Waals surface area contributed by atoms with E-state index in [9.17, 15) is 28.8 Å². The van der Waals surface area contributed by atoms with Crippen LogP contribution in [-0.4, -0.2) is 80.3 Å². The number of rotatable bonds is 11. The van der Waals surface area contributed by atoms with Crippen molar-refractivity contribution < 1.29 is 49.2 Å². The minimum Gasteiger partial charge on any atom is -0.481 e. The lowest BCUT2D eigenvalue weighted by Crippen LogP contribution is -2.40. The Morgan fingerprint density at radius 3 is 1.58 bits per heavy atom. The summed E-state index contributed by atoms with van der Waals surface area (Å²) in [5.74, 6) is -5.03. The molecule has 0 aromatic heterocycles. The number of primary amides is 2. The number of carboxylic acid groups (broad SMARTS) is 3. The Bertz CT molecular complexity index is 626. The van der Waals surface area contributed by atoms with Gasteiger partial charge in [-0.3, -0.25) is 24.0 Å². The average molecular weight is 453 g/mol. The Labute approximate surface area is 177 Å². The normalized spacial score (nSPS) is 13.5. The van der Waals surface area contributed by atoms with Gasteiger partial charge in [0.15, 0.2) is 0 Å². The van der Waals surface area contributed by atoms with Gasteiger partial charge in [0.05, 0.1) is 12.1 Å². The van der Waals surface area contributed by atoms with Gasteiger partial charge in [-0.05, 0) is 19.8 Å². The quantitative estimate of drug-likeness (QED) is 0.146. The molecule has 31 heavy (non-hydrogen) atoms. The van der Waals surface area contributed by atoms with Gasteiger partial charge in [-0.15, -0.1) is 0 Å². The van der Waals surface area contributed by atoms with E-state index in [2.05, 4.69) is 5.32 Å². The molecule has 3 amide bonds. The maximum absolute atomic E-state index is 10.5. The summed E-state index contributed by atoms with van der Waals surface area (Å²) in [5, 5.41) is 35.4. The van der Waals surface area contributed by atoms with Crippen molar-refractivity contribution in [2.45, 2.75) is 63.8 Å². The fourth-order valence-corrected chi connectivity index (χ4v) is 1.42. The molecule has 0 rings (SSSR count). The van der Waals surface area contributed by atoms with Crippen LogP contribution in [0, 0.1) is 0 Å².